The van der Waals surface area contributed by atoms with Gasteiger partial charge in [0.2, 0.25) is 11.8 Å². The first-order valence-electron chi connectivity index (χ1n) is 8.72. The van der Waals surface area contributed by atoms with E-state index in [-0.39, 0.29) is 12.3 Å². The van der Waals surface area contributed by atoms with Crippen molar-refractivity contribution < 1.29 is 19.5 Å². The van der Waals surface area contributed by atoms with Crippen LogP contribution in [0, 0.1) is 5.92 Å². The fraction of sp³-hybridized carbons (Fsp3) is 0.368. The zero-order valence-corrected chi connectivity index (χ0v) is 15.7. The third-order valence-electron chi connectivity index (χ3n) is 4.86. The molecule has 3 N–H and O–H groups in total. The molecule has 27 heavy (non-hydrogen) atoms. The number of aromatic nitrogens is 1. The summed E-state index contributed by atoms with van der Waals surface area (Å²) in [6.45, 7) is 1.89. The minimum absolute atomic E-state index is 0.0949. The van der Waals surface area contributed by atoms with Gasteiger partial charge in [0.1, 0.15) is 6.04 Å². The summed E-state index contributed by atoms with van der Waals surface area (Å²) in [5.74, 6) is -2.79. The molecule has 2 heterocycles. The highest BCUT2D eigenvalue weighted by atomic mass is 32.1. The van der Waals surface area contributed by atoms with Gasteiger partial charge in [-0.1, -0.05) is 37.3 Å². The molecule has 2 amide bonds. The number of carbonyl (C=O) groups excluding carboxylic acids is 2. The van der Waals surface area contributed by atoms with Gasteiger partial charge >= 0.3 is 5.97 Å². The van der Waals surface area contributed by atoms with E-state index in [2.05, 4.69) is 4.98 Å². The Morgan fingerprint density at radius 1 is 1.33 bits per heavy atom. The molecule has 1 aromatic carbocycles. The Morgan fingerprint density at radius 3 is 2.63 bits per heavy atom. The lowest BCUT2D eigenvalue weighted by Gasteiger charge is -2.43. The molecule has 0 unspecified atom stereocenters. The quantitative estimate of drug-likeness (QED) is 0.705. The number of anilines is 1. The highest BCUT2D eigenvalue weighted by molar-refractivity contribution is 7.15. The standard InChI is InChI=1S/C19H21N3O4S/c1-11(12-5-3-2-4-6-12)9-15(23)22-16(18(25)26)14(17(22)24)8-7-13-10-21-19(20)27-13/h2-6,10-11,14,16H,7-9H2,1H3,(H2,20,21)(H,25,26)/t11-,14+,16-/m0/s1. The molecular formula is C19H21N3O4S. The van der Waals surface area contributed by atoms with E-state index in [0.29, 0.717) is 18.0 Å². The van der Waals surface area contributed by atoms with Crippen LogP contribution in [0.3, 0.4) is 0 Å². The molecule has 0 radical (unpaired) electrons. The number of nitrogens with zero attached hydrogens (tertiary/aromatic N) is 2. The van der Waals surface area contributed by atoms with Gasteiger partial charge in [0, 0.05) is 17.5 Å². The normalized spacial score (nSPS) is 20.2. The fourth-order valence-corrected chi connectivity index (χ4v) is 4.09. The van der Waals surface area contributed by atoms with Crippen LogP contribution in [0.4, 0.5) is 5.13 Å². The van der Waals surface area contributed by atoms with Crippen molar-refractivity contribution in [2.75, 3.05) is 5.73 Å². The van der Waals surface area contributed by atoms with Gasteiger partial charge in [0.25, 0.3) is 0 Å². The van der Waals surface area contributed by atoms with Crippen molar-refractivity contribution in [3.05, 3.63) is 47.0 Å². The molecule has 8 heteroatoms. The average molecular weight is 387 g/mol. The van der Waals surface area contributed by atoms with E-state index in [0.717, 1.165) is 15.3 Å². The Labute approximate surface area is 160 Å². The molecule has 3 rings (SSSR count). The minimum Gasteiger partial charge on any atom is -0.480 e. The van der Waals surface area contributed by atoms with E-state index in [1.54, 1.807) is 6.20 Å². The number of carboxylic acid groups (broad SMARTS) is 1. The number of β-lactam (4-membered cyclic amide) rings is 1. The average Bonchev–Trinajstić information content (AvgIpc) is 3.05. The fourth-order valence-electron chi connectivity index (χ4n) is 3.39. The smallest absolute Gasteiger partial charge is 0.327 e. The second-order valence-corrected chi connectivity index (χ2v) is 7.86. The first kappa shape index (κ1) is 19.0. The summed E-state index contributed by atoms with van der Waals surface area (Å²) in [6, 6.07) is 8.38. The van der Waals surface area contributed by atoms with Gasteiger partial charge in [-0.2, -0.15) is 0 Å². The van der Waals surface area contributed by atoms with Crippen molar-refractivity contribution in [1.82, 2.24) is 9.88 Å². The lowest BCUT2D eigenvalue weighted by atomic mass is 9.82. The lowest BCUT2D eigenvalue weighted by molar-refractivity contribution is -0.177. The Kier molecular flexibility index (Phi) is 5.55. The minimum atomic E-state index is -1.15. The molecule has 1 aliphatic heterocycles. The highest BCUT2D eigenvalue weighted by Gasteiger charge is 2.54. The molecule has 0 spiro atoms. The van der Waals surface area contributed by atoms with Gasteiger partial charge in [-0.05, 0) is 24.3 Å². The maximum Gasteiger partial charge on any atom is 0.327 e. The van der Waals surface area contributed by atoms with Crippen molar-refractivity contribution in [2.45, 2.75) is 38.1 Å². The number of aliphatic carboxylic acids is 1. The van der Waals surface area contributed by atoms with E-state index in [9.17, 15) is 19.5 Å². The molecule has 1 fully saturated rings. The van der Waals surface area contributed by atoms with Crippen molar-refractivity contribution in [3.63, 3.8) is 0 Å². The number of amides is 2. The Morgan fingerprint density at radius 2 is 2.04 bits per heavy atom. The molecule has 0 aliphatic carbocycles. The van der Waals surface area contributed by atoms with E-state index in [1.165, 1.54) is 11.3 Å². The second kappa shape index (κ2) is 7.87. The molecule has 1 aliphatic rings. The van der Waals surface area contributed by atoms with E-state index in [4.69, 9.17) is 5.73 Å². The van der Waals surface area contributed by atoms with Crippen molar-refractivity contribution in [3.8, 4) is 0 Å². The zero-order chi connectivity index (χ0) is 19.6. The summed E-state index contributed by atoms with van der Waals surface area (Å²) in [7, 11) is 0. The van der Waals surface area contributed by atoms with Crippen LogP contribution in [-0.4, -0.2) is 38.8 Å². The van der Waals surface area contributed by atoms with Gasteiger partial charge in [-0.15, -0.1) is 11.3 Å². The van der Waals surface area contributed by atoms with Crippen LogP contribution in [0.2, 0.25) is 0 Å². The summed E-state index contributed by atoms with van der Waals surface area (Å²) >= 11 is 1.32. The second-order valence-electron chi connectivity index (χ2n) is 6.71. The summed E-state index contributed by atoms with van der Waals surface area (Å²) in [6.07, 6.45) is 2.59. The van der Waals surface area contributed by atoms with Gasteiger partial charge in [-0.25, -0.2) is 9.78 Å². The van der Waals surface area contributed by atoms with Crippen LogP contribution in [-0.2, 0) is 20.8 Å². The maximum atomic E-state index is 12.6. The first-order valence-corrected chi connectivity index (χ1v) is 9.54. The lowest BCUT2D eigenvalue weighted by Crippen LogP contribution is -2.66. The third-order valence-corrected chi connectivity index (χ3v) is 5.74. The van der Waals surface area contributed by atoms with E-state index in [1.807, 2.05) is 37.3 Å². The monoisotopic (exact) mass is 387 g/mol. The van der Waals surface area contributed by atoms with Crippen LogP contribution < -0.4 is 5.73 Å². The van der Waals surface area contributed by atoms with Crippen LogP contribution in [0.25, 0.3) is 0 Å². The number of hydrogen-bond donors (Lipinski definition) is 2. The molecule has 0 saturated carbocycles. The molecule has 2 aromatic rings. The summed E-state index contributed by atoms with van der Waals surface area (Å²) in [4.78, 5) is 42.4. The summed E-state index contributed by atoms with van der Waals surface area (Å²) in [5, 5.41) is 9.95. The Hall–Kier alpha value is -2.74. The van der Waals surface area contributed by atoms with Crippen LogP contribution in [0.15, 0.2) is 36.5 Å². The number of benzene rings is 1. The first-order chi connectivity index (χ1) is 12.9. The van der Waals surface area contributed by atoms with E-state index >= 15 is 0 Å². The van der Waals surface area contributed by atoms with Crippen LogP contribution in [0.5, 0.6) is 0 Å². The number of carbonyl (C=O) groups is 3. The Bertz CT molecular complexity index is 852. The summed E-state index contributed by atoms with van der Waals surface area (Å²) in [5.41, 5.74) is 6.56. The molecule has 1 aromatic heterocycles. The Balaban J connectivity index is 1.64. The predicted octanol–water partition coefficient (Wildman–Crippen LogP) is 2.29. The molecule has 7 nitrogen and oxygen atoms in total. The largest absolute Gasteiger partial charge is 0.480 e. The highest BCUT2D eigenvalue weighted by Crippen LogP contribution is 2.34. The number of aryl methyl sites for hydroxylation is 1. The molecule has 142 valence electrons. The summed E-state index contributed by atoms with van der Waals surface area (Å²) < 4.78 is 0. The molecule has 3 atom stereocenters. The number of carboxylic acids is 1. The maximum absolute atomic E-state index is 12.6. The number of rotatable bonds is 7. The van der Waals surface area contributed by atoms with Crippen molar-refractivity contribution in [1.29, 1.82) is 0 Å². The molecular weight excluding hydrogens is 366 g/mol. The van der Waals surface area contributed by atoms with Crippen LogP contribution in [0.1, 0.15) is 36.1 Å². The topological polar surface area (TPSA) is 114 Å². The van der Waals surface area contributed by atoms with Crippen LogP contribution >= 0.6 is 11.3 Å². The van der Waals surface area contributed by atoms with Gasteiger partial charge in [0.05, 0.1) is 5.92 Å². The number of thiazole rings is 1. The van der Waals surface area contributed by atoms with Crippen molar-refractivity contribution >= 4 is 34.3 Å². The van der Waals surface area contributed by atoms with Crippen molar-refractivity contribution in [2.24, 2.45) is 5.92 Å². The SMILES string of the molecule is C[C@@H](CC(=O)N1C(=O)[C@H](CCc2cnc(N)s2)[C@H]1C(=O)O)c1ccccc1. The third kappa shape index (κ3) is 4.00. The number of nitrogen functional groups attached to an aromatic ring is 1. The number of imide groups is 1. The number of likely N-dealkylation sites (tertiary alicyclic amines) is 1. The molecule has 0 bridgehead atoms. The van der Waals surface area contributed by atoms with Gasteiger partial charge < -0.3 is 10.8 Å². The van der Waals surface area contributed by atoms with Gasteiger partial charge in [-0.3, -0.25) is 14.5 Å². The number of nitrogens with two attached hydrogens (primary N) is 1. The number of hydrogen-bond acceptors (Lipinski definition) is 6. The van der Waals surface area contributed by atoms with Gasteiger partial charge in [0.15, 0.2) is 5.13 Å². The molecule has 1 saturated heterocycles. The predicted molar refractivity (Wildman–Crippen MR) is 101 cm³/mol. The van der Waals surface area contributed by atoms with E-state index < -0.39 is 29.7 Å². The zero-order valence-electron chi connectivity index (χ0n) is 14.9.